The molecule has 0 saturated carbocycles. The van der Waals surface area contributed by atoms with Gasteiger partial charge < -0.3 is 4.74 Å². The zero-order chi connectivity index (χ0) is 25.9. The predicted octanol–water partition coefficient (Wildman–Crippen LogP) is 6.41. The summed E-state index contributed by atoms with van der Waals surface area (Å²) in [5.74, 6) is -0.949. The van der Waals surface area contributed by atoms with Crippen molar-refractivity contribution in [2.45, 2.75) is 20.0 Å². The molecule has 6 nitrogen and oxygen atoms in total. The number of hydrogen-bond donors (Lipinski definition) is 1. The number of amides is 4. The Labute approximate surface area is 222 Å². The predicted molar refractivity (Wildman–Crippen MR) is 147 cm³/mol. The molecule has 1 fully saturated rings. The molecule has 5 rings (SSSR count). The Kier molecular flexibility index (Phi) is 6.88. The Bertz CT molecular complexity index is 1560. The molecule has 0 unspecified atom stereocenters. The number of urea groups is 1. The lowest BCUT2D eigenvalue weighted by Crippen LogP contribution is -2.54. The van der Waals surface area contributed by atoms with Gasteiger partial charge in [-0.3, -0.25) is 14.9 Å². The van der Waals surface area contributed by atoms with Gasteiger partial charge in [-0.25, -0.2) is 9.69 Å². The highest BCUT2D eigenvalue weighted by molar-refractivity contribution is 9.10. The van der Waals surface area contributed by atoms with Crippen LogP contribution in [0.25, 0.3) is 16.8 Å². The zero-order valence-corrected chi connectivity index (χ0v) is 21.6. The molecule has 0 bridgehead atoms. The number of nitrogens with one attached hydrogen (secondary N) is 1. The van der Waals surface area contributed by atoms with Crippen LogP contribution in [0, 0.1) is 0 Å². The van der Waals surface area contributed by atoms with Gasteiger partial charge in [0.1, 0.15) is 17.9 Å². The summed E-state index contributed by atoms with van der Waals surface area (Å²) in [4.78, 5) is 39.6. The van der Waals surface area contributed by atoms with Gasteiger partial charge in [-0.15, -0.1) is 0 Å². The maximum atomic E-state index is 13.3. The van der Waals surface area contributed by atoms with Gasteiger partial charge in [0.25, 0.3) is 11.8 Å². The first-order valence-corrected chi connectivity index (χ1v) is 12.6. The number of rotatable bonds is 6. The van der Waals surface area contributed by atoms with Crippen LogP contribution in [0.15, 0.2) is 95.0 Å². The van der Waals surface area contributed by atoms with E-state index in [1.807, 2.05) is 55.5 Å². The van der Waals surface area contributed by atoms with Gasteiger partial charge in [-0.05, 0) is 70.8 Å². The van der Waals surface area contributed by atoms with Gasteiger partial charge in [-0.1, -0.05) is 71.4 Å². The maximum Gasteiger partial charge on any atom is 0.335 e. The smallest absolute Gasteiger partial charge is 0.335 e. The van der Waals surface area contributed by atoms with E-state index in [0.717, 1.165) is 37.7 Å². The van der Waals surface area contributed by atoms with Crippen molar-refractivity contribution in [3.8, 4) is 5.75 Å². The van der Waals surface area contributed by atoms with Gasteiger partial charge in [0.15, 0.2) is 0 Å². The van der Waals surface area contributed by atoms with Crippen molar-refractivity contribution in [3.63, 3.8) is 0 Å². The number of fused-ring (bicyclic) bond motifs is 1. The average molecular weight is 555 g/mol. The fourth-order valence-corrected chi connectivity index (χ4v) is 4.56. The fourth-order valence-electron chi connectivity index (χ4n) is 4.18. The minimum atomic E-state index is -0.779. The second-order valence-corrected chi connectivity index (χ2v) is 9.55. The zero-order valence-electron chi connectivity index (χ0n) is 20.0. The van der Waals surface area contributed by atoms with E-state index in [0.29, 0.717) is 23.6 Å². The number of nitrogens with zero attached hydrogens (tertiary/aromatic N) is 1. The topological polar surface area (TPSA) is 75.7 Å². The highest BCUT2D eigenvalue weighted by Crippen LogP contribution is 2.29. The summed E-state index contributed by atoms with van der Waals surface area (Å²) < 4.78 is 6.86. The van der Waals surface area contributed by atoms with Crippen molar-refractivity contribution in [1.29, 1.82) is 0 Å². The van der Waals surface area contributed by atoms with Crippen molar-refractivity contribution in [2.75, 3.05) is 4.90 Å². The molecule has 0 aliphatic carbocycles. The number of anilines is 1. The van der Waals surface area contributed by atoms with Gasteiger partial charge in [0.2, 0.25) is 0 Å². The molecule has 4 amide bonds. The summed E-state index contributed by atoms with van der Waals surface area (Å²) >= 11 is 3.45. The van der Waals surface area contributed by atoms with Crippen LogP contribution in [0.2, 0.25) is 0 Å². The number of halogens is 1. The number of carbonyl (C=O) groups excluding carboxylic acids is 3. The lowest BCUT2D eigenvalue weighted by Gasteiger charge is -2.26. The molecule has 0 radical (unpaired) electrons. The Morgan fingerprint density at radius 3 is 2.35 bits per heavy atom. The summed E-state index contributed by atoms with van der Waals surface area (Å²) in [5.41, 5.74) is 2.82. The Hall–Kier alpha value is -4.23. The molecule has 1 aliphatic heterocycles. The van der Waals surface area contributed by atoms with E-state index in [2.05, 4.69) is 33.4 Å². The molecule has 0 atom stereocenters. The Balaban J connectivity index is 1.44. The summed E-state index contributed by atoms with van der Waals surface area (Å²) in [6.45, 7) is 2.32. The molecule has 1 aliphatic rings. The maximum absolute atomic E-state index is 13.3. The first-order valence-electron chi connectivity index (χ1n) is 11.8. The van der Waals surface area contributed by atoms with E-state index in [9.17, 15) is 14.4 Å². The van der Waals surface area contributed by atoms with Gasteiger partial charge >= 0.3 is 6.03 Å². The summed E-state index contributed by atoms with van der Waals surface area (Å²) in [6.07, 6.45) is 2.28. The monoisotopic (exact) mass is 554 g/mol. The third-order valence-corrected chi connectivity index (χ3v) is 6.68. The molecule has 184 valence electrons. The first-order chi connectivity index (χ1) is 17.9. The molecule has 4 aromatic carbocycles. The lowest BCUT2D eigenvalue weighted by molar-refractivity contribution is -0.122. The molecule has 1 N–H and O–H groups in total. The quantitative estimate of drug-likeness (QED) is 0.220. The summed E-state index contributed by atoms with van der Waals surface area (Å²) in [7, 11) is 0. The van der Waals surface area contributed by atoms with E-state index >= 15 is 0 Å². The van der Waals surface area contributed by atoms with Crippen LogP contribution in [0.5, 0.6) is 5.75 Å². The van der Waals surface area contributed by atoms with Crippen LogP contribution >= 0.6 is 15.9 Å². The molecule has 4 aromatic rings. The minimum absolute atomic E-state index is 0.159. The van der Waals surface area contributed by atoms with Crippen molar-refractivity contribution >= 4 is 56.3 Å². The third-order valence-electron chi connectivity index (χ3n) is 6.18. The van der Waals surface area contributed by atoms with E-state index in [4.69, 9.17) is 4.74 Å². The second-order valence-electron chi connectivity index (χ2n) is 8.63. The van der Waals surface area contributed by atoms with Gasteiger partial charge in [-0.2, -0.15) is 0 Å². The van der Waals surface area contributed by atoms with Gasteiger partial charge in [0.05, 0.1) is 5.69 Å². The van der Waals surface area contributed by atoms with Crippen LogP contribution in [-0.2, 0) is 22.6 Å². The number of barbiturate groups is 1. The van der Waals surface area contributed by atoms with Crippen molar-refractivity contribution in [3.05, 3.63) is 112 Å². The van der Waals surface area contributed by atoms with Crippen LogP contribution in [-0.4, -0.2) is 17.8 Å². The SMILES string of the molecule is CCc1ccc(N2C(=O)NC(=O)/C(=C/c3cc(Br)ccc3OCc3ccc4ccccc4c3)C2=O)cc1. The fraction of sp³-hybridized carbons (Fsp3) is 0.100. The molecule has 0 aromatic heterocycles. The van der Waals surface area contributed by atoms with E-state index in [-0.39, 0.29) is 5.57 Å². The molecule has 37 heavy (non-hydrogen) atoms. The molecular weight excluding hydrogens is 532 g/mol. The van der Waals surface area contributed by atoms with Gasteiger partial charge in [0, 0.05) is 10.0 Å². The van der Waals surface area contributed by atoms with Crippen molar-refractivity contribution in [2.24, 2.45) is 0 Å². The van der Waals surface area contributed by atoms with Crippen LogP contribution in [0.3, 0.4) is 0 Å². The highest BCUT2D eigenvalue weighted by Gasteiger charge is 2.37. The number of aryl methyl sites for hydroxylation is 1. The van der Waals surface area contributed by atoms with Crippen LogP contribution < -0.4 is 15.0 Å². The number of imide groups is 2. The Morgan fingerprint density at radius 1 is 0.865 bits per heavy atom. The molecule has 1 heterocycles. The Morgan fingerprint density at radius 2 is 1.59 bits per heavy atom. The minimum Gasteiger partial charge on any atom is -0.488 e. The van der Waals surface area contributed by atoms with Crippen LogP contribution in [0.1, 0.15) is 23.6 Å². The molecule has 1 saturated heterocycles. The molecular formula is C30H23BrN2O4. The number of benzene rings is 4. The molecule has 0 spiro atoms. The summed E-state index contributed by atoms with van der Waals surface area (Å²) in [6, 6.07) is 25.9. The van der Waals surface area contributed by atoms with Crippen LogP contribution in [0.4, 0.5) is 10.5 Å². The van der Waals surface area contributed by atoms with E-state index in [1.165, 1.54) is 6.08 Å². The lowest BCUT2D eigenvalue weighted by atomic mass is 10.1. The third kappa shape index (κ3) is 5.17. The second kappa shape index (κ2) is 10.4. The largest absolute Gasteiger partial charge is 0.488 e. The van der Waals surface area contributed by atoms with Crippen molar-refractivity contribution in [1.82, 2.24) is 5.32 Å². The molecule has 7 heteroatoms. The number of hydrogen-bond acceptors (Lipinski definition) is 4. The number of carbonyl (C=O) groups is 3. The van der Waals surface area contributed by atoms with E-state index in [1.54, 1.807) is 24.3 Å². The van der Waals surface area contributed by atoms with E-state index < -0.39 is 17.8 Å². The van der Waals surface area contributed by atoms with Crippen molar-refractivity contribution < 1.29 is 19.1 Å². The number of ether oxygens (including phenoxy) is 1. The highest BCUT2D eigenvalue weighted by atomic mass is 79.9. The standard InChI is InChI=1S/C30H23BrN2O4/c1-2-19-8-12-25(13-9-19)33-29(35)26(28(34)32-30(33)36)17-23-16-24(31)11-14-27(23)37-18-20-7-10-21-5-3-4-6-22(21)15-20/h3-17H,2,18H2,1H3,(H,32,34,36)/b26-17-. The normalized spacial score (nSPS) is 14.8. The average Bonchev–Trinajstić information content (AvgIpc) is 2.90. The first kappa shape index (κ1) is 24.5. The summed E-state index contributed by atoms with van der Waals surface area (Å²) in [5, 5.41) is 4.53.